The molecule has 5 aliphatic heterocycles. The van der Waals surface area contributed by atoms with E-state index in [1.165, 1.54) is 0 Å². The van der Waals surface area contributed by atoms with Gasteiger partial charge in [0.15, 0.2) is 0 Å². The number of rotatable bonds is 1. The van der Waals surface area contributed by atoms with Crippen LogP contribution in [-0.2, 0) is 7.05 Å². The minimum atomic E-state index is 0.819. The van der Waals surface area contributed by atoms with Crippen LogP contribution in [-0.4, -0.2) is 43.6 Å². The van der Waals surface area contributed by atoms with Crippen LogP contribution in [0, 0.1) is 0 Å². The highest BCUT2D eigenvalue weighted by molar-refractivity contribution is 6.32. The molecule has 0 radical (unpaired) electrons. The largest absolute Gasteiger partial charge is 0.355 e. The van der Waals surface area contributed by atoms with Crippen molar-refractivity contribution in [3.8, 4) is 0 Å². The number of imidazole rings is 1. The molecule has 8 bridgehead atoms. The van der Waals surface area contributed by atoms with Gasteiger partial charge in [0, 0.05) is 44.6 Å². The molecule has 2 aromatic rings. The normalized spacial score (nSPS) is 21.7. The third-order valence-electron chi connectivity index (χ3n) is 6.48. The van der Waals surface area contributed by atoms with Crippen LogP contribution in [0.25, 0.3) is 17.2 Å². The fourth-order valence-corrected chi connectivity index (χ4v) is 4.75. The lowest BCUT2D eigenvalue weighted by molar-refractivity contribution is 0.574. The topological polar surface area (TPSA) is 86.0 Å². The molecule has 7 heterocycles. The van der Waals surface area contributed by atoms with Gasteiger partial charge in [-0.3, -0.25) is 0 Å². The predicted octanol–water partition coefficient (Wildman–Crippen LogP) is 4.11. The van der Waals surface area contributed by atoms with E-state index < -0.39 is 0 Å². The number of fused-ring (bicyclic) bond motifs is 5. The van der Waals surface area contributed by atoms with E-state index in [-0.39, 0.29) is 0 Å². The number of aliphatic imine (C=N–C) groups is 3. The number of nitrogens with zero attached hydrogens (tertiary/aromatic N) is 6. The van der Waals surface area contributed by atoms with Gasteiger partial charge in [-0.2, -0.15) is 0 Å². The maximum Gasteiger partial charge on any atom is 0.144 e. The highest BCUT2D eigenvalue weighted by atomic mass is 15.3. The number of aryl methyl sites for hydroxylation is 1. The second kappa shape index (κ2) is 7.78. The first kappa shape index (κ1) is 20.4. The van der Waals surface area contributed by atoms with Crippen LogP contribution < -0.4 is 5.32 Å². The number of aromatic amines is 1. The second-order valence-corrected chi connectivity index (χ2v) is 8.91. The maximum atomic E-state index is 4.95. The number of H-pyrrole nitrogens is 1. The van der Waals surface area contributed by atoms with Crippen LogP contribution in [0.3, 0.4) is 0 Å². The van der Waals surface area contributed by atoms with Crippen molar-refractivity contribution >= 4 is 34.4 Å². The molecule has 7 rings (SSSR count). The predicted molar refractivity (Wildman–Crippen MR) is 144 cm³/mol. The third-order valence-corrected chi connectivity index (χ3v) is 6.48. The minimum Gasteiger partial charge on any atom is -0.355 e. The maximum absolute atomic E-state index is 4.95. The Labute approximate surface area is 207 Å². The monoisotopic (exact) mass is 470 g/mol. The molecular formula is C28H22N8. The van der Waals surface area contributed by atoms with Crippen molar-refractivity contribution < 1.29 is 0 Å². The first-order chi connectivity index (χ1) is 17.6. The lowest BCUT2D eigenvalue weighted by Crippen LogP contribution is -2.19. The Hall–Kier alpha value is -4.98. The van der Waals surface area contributed by atoms with E-state index in [4.69, 9.17) is 15.0 Å². The summed E-state index contributed by atoms with van der Waals surface area (Å²) in [7, 11) is 4.00. The molecule has 0 amide bonds. The lowest BCUT2D eigenvalue weighted by atomic mass is 10.1. The molecule has 8 heteroatoms. The van der Waals surface area contributed by atoms with E-state index in [9.17, 15) is 0 Å². The first-order valence-corrected chi connectivity index (χ1v) is 11.7. The smallest absolute Gasteiger partial charge is 0.144 e. The van der Waals surface area contributed by atoms with Crippen molar-refractivity contribution in [2.45, 2.75) is 0 Å². The van der Waals surface area contributed by atoms with Crippen LogP contribution >= 0.6 is 0 Å². The summed E-state index contributed by atoms with van der Waals surface area (Å²) in [6.07, 6.45) is 23.8. The van der Waals surface area contributed by atoms with Gasteiger partial charge in [-0.05, 0) is 60.7 Å². The van der Waals surface area contributed by atoms with Gasteiger partial charge in [-0.15, -0.1) is 0 Å². The van der Waals surface area contributed by atoms with Crippen molar-refractivity contribution in [3.63, 3.8) is 0 Å². The standard InChI is InChI=1S/C28H22N8/c1-35-13-11-29-27(35)25-21-7-3-17(31-21)15-19-5-9-23(33-19)26(28-30-12-14-36(28)2)24-10-6-20(34-24)16-18-4-8-22(25)32-18/h3-16,29,31H,1-2H3. The molecule has 5 aliphatic rings. The number of allylic oxidation sites excluding steroid dienone is 9. The molecule has 36 heavy (non-hydrogen) atoms. The van der Waals surface area contributed by atoms with Gasteiger partial charge < -0.3 is 19.8 Å². The van der Waals surface area contributed by atoms with Crippen LogP contribution in [0.4, 0.5) is 0 Å². The Morgan fingerprint density at radius 1 is 0.806 bits per heavy atom. The summed E-state index contributed by atoms with van der Waals surface area (Å²) in [5.74, 6) is 1.78. The quantitative estimate of drug-likeness (QED) is 0.658. The summed E-state index contributed by atoms with van der Waals surface area (Å²) in [4.78, 5) is 25.0. The summed E-state index contributed by atoms with van der Waals surface area (Å²) in [5, 5.41) is 3.36. The molecule has 0 atom stereocenters. The highest BCUT2D eigenvalue weighted by Gasteiger charge is 2.24. The van der Waals surface area contributed by atoms with Gasteiger partial charge in [0.1, 0.15) is 11.6 Å². The molecule has 174 valence electrons. The van der Waals surface area contributed by atoms with Crippen molar-refractivity contribution in [2.24, 2.45) is 22.0 Å². The van der Waals surface area contributed by atoms with Crippen LogP contribution in [0.5, 0.6) is 0 Å². The van der Waals surface area contributed by atoms with Crippen molar-refractivity contribution in [2.75, 3.05) is 7.05 Å². The zero-order valence-corrected chi connectivity index (χ0v) is 19.8. The Balaban J connectivity index is 1.45. The molecule has 8 nitrogen and oxygen atoms in total. The Morgan fingerprint density at radius 3 is 2.36 bits per heavy atom. The number of nitrogens with one attached hydrogen (secondary N) is 2. The second-order valence-electron chi connectivity index (χ2n) is 8.91. The molecule has 0 saturated carbocycles. The van der Waals surface area contributed by atoms with Gasteiger partial charge in [0.05, 0.1) is 51.1 Å². The summed E-state index contributed by atoms with van der Waals surface area (Å²) in [6, 6.07) is 4.15. The van der Waals surface area contributed by atoms with E-state index in [1.54, 1.807) is 6.20 Å². The first-order valence-electron chi connectivity index (χ1n) is 11.7. The molecule has 2 aromatic heterocycles. The Bertz CT molecular complexity index is 1670. The summed E-state index contributed by atoms with van der Waals surface area (Å²) in [6.45, 7) is 0. The van der Waals surface area contributed by atoms with Gasteiger partial charge in [0.25, 0.3) is 0 Å². The molecule has 0 fully saturated rings. The molecule has 0 aliphatic carbocycles. The van der Waals surface area contributed by atoms with Crippen molar-refractivity contribution in [3.05, 3.63) is 120 Å². The van der Waals surface area contributed by atoms with E-state index in [0.717, 1.165) is 68.4 Å². The lowest BCUT2D eigenvalue weighted by Gasteiger charge is -2.16. The minimum absolute atomic E-state index is 0.819. The number of aromatic nitrogens is 3. The molecule has 2 N–H and O–H groups in total. The average molecular weight is 471 g/mol. The highest BCUT2D eigenvalue weighted by Crippen LogP contribution is 2.31. The summed E-state index contributed by atoms with van der Waals surface area (Å²) >= 11 is 0. The zero-order valence-electron chi connectivity index (χ0n) is 19.8. The fraction of sp³-hybridized carbons (Fsp3) is 0.0714. The molecule has 0 saturated heterocycles. The van der Waals surface area contributed by atoms with E-state index in [0.29, 0.717) is 0 Å². The van der Waals surface area contributed by atoms with Crippen LogP contribution in [0.2, 0.25) is 0 Å². The zero-order chi connectivity index (χ0) is 24.2. The van der Waals surface area contributed by atoms with Gasteiger partial charge in [-0.25, -0.2) is 20.0 Å². The van der Waals surface area contributed by atoms with Crippen molar-refractivity contribution in [1.29, 1.82) is 0 Å². The average Bonchev–Trinajstić information content (AvgIpc) is 3.68. The van der Waals surface area contributed by atoms with Crippen molar-refractivity contribution in [1.82, 2.24) is 24.8 Å². The summed E-state index contributed by atoms with van der Waals surface area (Å²) < 4.78 is 1.99. The Kier molecular flexibility index (Phi) is 4.41. The van der Waals surface area contributed by atoms with E-state index in [1.807, 2.05) is 85.9 Å². The fourth-order valence-electron chi connectivity index (χ4n) is 4.75. The van der Waals surface area contributed by atoms with Gasteiger partial charge in [0.2, 0.25) is 0 Å². The molecule has 0 unspecified atom stereocenters. The third kappa shape index (κ3) is 3.31. The molecule has 0 aromatic carbocycles. The van der Waals surface area contributed by atoms with E-state index in [2.05, 4.69) is 32.3 Å². The number of hydrogen-bond donors (Lipinski definition) is 2. The van der Waals surface area contributed by atoms with Crippen LogP contribution in [0.1, 0.15) is 17.2 Å². The van der Waals surface area contributed by atoms with E-state index >= 15 is 0 Å². The molecular weight excluding hydrogens is 448 g/mol. The summed E-state index contributed by atoms with van der Waals surface area (Å²) in [5.41, 5.74) is 8.89. The van der Waals surface area contributed by atoms with Gasteiger partial charge in [-0.1, -0.05) is 0 Å². The SMILES string of the molecule is CN1C=CNC1=C1C2=NC(=CC3=NC(=C(c4nccn4C)C4=NC(=Cc5ccc1[nH]5)C=C4)C=C3)C=C2. The van der Waals surface area contributed by atoms with Gasteiger partial charge >= 0.3 is 0 Å². The number of hydrogen-bond acceptors (Lipinski definition) is 6. The Morgan fingerprint density at radius 2 is 1.61 bits per heavy atom. The van der Waals surface area contributed by atoms with Crippen LogP contribution in [0.15, 0.2) is 117 Å². The molecule has 0 spiro atoms.